The van der Waals surface area contributed by atoms with E-state index >= 15 is 0 Å². The Labute approximate surface area is 872 Å². The van der Waals surface area contributed by atoms with Crippen molar-refractivity contribution in [3.8, 4) is 0 Å². The molecule has 11 heterocycles. The van der Waals surface area contributed by atoms with Crippen LogP contribution in [0.5, 0.6) is 0 Å². The first-order chi connectivity index (χ1) is 70.7. The number of alkyl halides is 3. The third-order valence-corrected chi connectivity index (χ3v) is 35.1. The molecule has 3 saturated carbocycles. The van der Waals surface area contributed by atoms with Gasteiger partial charge in [-0.1, -0.05) is 250 Å². The van der Waals surface area contributed by atoms with Crippen LogP contribution < -0.4 is 38.9 Å². The maximum absolute atomic E-state index is 13.8. The summed E-state index contributed by atoms with van der Waals surface area (Å²) in [5.74, 6) is 1.19. The van der Waals surface area contributed by atoms with Gasteiger partial charge in [0.15, 0.2) is 0 Å². The Morgan fingerprint density at radius 1 is 0.349 bits per heavy atom. The van der Waals surface area contributed by atoms with Crippen LogP contribution in [-0.2, 0) is 71.6 Å². The normalized spacial score (nSPS) is 16.3. The molecule has 1 atom stereocenters. The zero-order chi connectivity index (χ0) is 102. The van der Waals surface area contributed by atoms with Gasteiger partial charge in [0.2, 0.25) is 17.7 Å². The second-order valence-electron chi connectivity index (χ2n) is 37.3. The number of rotatable bonds is 20. The van der Waals surface area contributed by atoms with Gasteiger partial charge in [-0.3, -0.25) is 84.3 Å². The maximum Gasteiger partial charge on any atom is 0.417 e. The molecule has 0 spiro atoms. The molecule has 26 nitrogen and oxygen atoms in total. The fourth-order valence-electron chi connectivity index (χ4n) is 18.0. The molecule has 24 rings (SSSR count). The average molecular weight is 2130 g/mol. The van der Waals surface area contributed by atoms with Gasteiger partial charge in [-0.25, -0.2) is 20.2 Å². The third kappa shape index (κ3) is 25.4. The lowest BCUT2D eigenvalue weighted by atomic mass is 10.1. The molecule has 3 aliphatic carbocycles. The van der Waals surface area contributed by atoms with Crippen LogP contribution in [0, 0.1) is 30.5 Å². The van der Waals surface area contributed by atoms with E-state index in [0.717, 1.165) is 184 Å². The van der Waals surface area contributed by atoms with E-state index in [2.05, 4.69) is 100 Å². The van der Waals surface area contributed by atoms with Gasteiger partial charge in [0, 0.05) is 136 Å². The number of aryl methyl sites for hydroxylation is 1. The number of methoxy groups -OCH3 is 1. The molecule has 7 aliphatic rings. The van der Waals surface area contributed by atoms with Crippen LogP contribution in [-0.4, -0.2) is 203 Å². The van der Waals surface area contributed by atoms with Crippen LogP contribution >= 0.6 is 92.3 Å². The second kappa shape index (κ2) is 47.6. The van der Waals surface area contributed by atoms with E-state index in [1.54, 1.807) is 42.6 Å². The number of hydrogen-bond donors (Lipinski definition) is 0. The molecule has 0 bridgehead atoms. The Morgan fingerprint density at radius 3 is 1.12 bits per heavy atom. The topological polar surface area (TPSA) is 240 Å². The predicted octanol–water partition coefficient (Wildman–Crippen LogP) is 18.2. The summed E-state index contributed by atoms with van der Waals surface area (Å²) in [6, 6.07) is 73.9. The molecule has 0 unspecified atom stereocenters. The summed E-state index contributed by atoms with van der Waals surface area (Å²) >= 11 is 15.7. The summed E-state index contributed by atoms with van der Waals surface area (Å²) in [6.07, 6.45) is 1.62. The van der Waals surface area contributed by atoms with E-state index in [4.69, 9.17) is 16.3 Å². The zero-order valence-corrected chi connectivity index (χ0v) is 87.5. The summed E-state index contributed by atoms with van der Waals surface area (Å²) in [5, 5.41) is 5.12. The van der Waals surface area contributed by atoms with Gasteiger partial charge >= 0.3 is 6.18 Å². The van der Waals surface area contributed by atoms with E-state index in [1.807, 2.05) is 165 Å². The number of carbonyl (C=O) groups is 3. The van der Waals surface area contributed by atoms with Crippen LogP contribution in [0.2, 0.25) is 5.02 Å². The molecular weight excluding hydrogens is 2020 g/mol. The van der Waals surface area contributed by atoms with Crippen LogP contribution in [0.1, 0.15) is 79.3 Å². The van der Waals surface area contributed by atoms with Crippen molar-refractivity contribution in [1.29, 1.82) is 0 Å². The number of benzene rings is 10. The smallest absolute Gasteiger partial charge is 0.383 e. The number of aromatic nitrogens is 7. The minimum absolute atomic E-state index is 0.0176. The van der Waals surface area contributed by atoms with E-state index < -0.39 is 17.3 Å². The van der Waals surface area contributed by atoms with Gasteiger partial charge in [-0.2, -0.15) is 13.2 Å². The Hall–Kier alpha value is -11.8. The molecule has 4 saturated heterocycles. The number of hydrogen-bond acceptors (Lipinski definition) is 23. The van der Waals surface area contributed by atoms with Crippen molar-refractivity contribution in [3.63, 3.8) is 0 Å². The van der Waals surface area contributed by atoms with Gasteiger partial charge in [0.1, 0.15) is 5.82 Å². The predicted molar refractivity (Wildman–Crippen MR) is 581 cm³/mol. The highest BCUT2D eigenvalue weighted by molar-refractivity contribution is 7.16. The quantitative estimate of drug-likeness (QED) is 0.0644. The Morgan fingerprint density at radius 2 is 0.685 bits per heavy atom. The van der Waals surface area contributed by atoms with E-state index in [0.29, 0.717) is 105 Å². The molecule has 7 aromatic heterocycles. The van der Waals surface area contributed by atoms with Crippen molar-refractivity contribution in [2.45, 2.75) is 111 Å². The summed E-state index contributed by atoms with van der Waals surface area (Å²) < 4.78 is 75.7. The van der Waals surface area contributed by atoms with Crippen LogP contribution in [0.15, 0.2) is 270 Å². The van der Waals surface area contributed by atoms with Gasteiger partial charge in [-0.15, -0.1) is 0 Å². The number of amides is 3. The number of halogens is 5. The van der Waals surface area contributed by atoms with Crippen molar-refractivity contribution in [1.82, 2.24) is 66.9 Å². The van der Waals surface area contributed by atoms with E-state index in [-0.39, 0.29) is 91.5 Å². The van der Waals surface area contributed by atoms with E-state index in [9.17, 15) is 65.5 Å². The number of carbonyl (C=O) groups excluding carboxylic acids is 3. The maximum atomic E-state index is 13.8. The monoisotopic (exact) mass is 2130 g/mol. The van der Waals surface area contributed by atoms with E-state index in [1.165, 1.54) is 90.9 Å². The van der Waals surface area contributed by atoms with Gasteiger partial charge in [0.25, 0.3) is 38.9 Å². The first kappa shape index (κ1) is 104. The molecule has 4 aliphatic heterocycles. The van der Waals surface area contributed by atoms with Crippen molar-refractivity contribution in [2.75, 3.05) is 118 Å². The van der Waals surface area contributed by atoms with Crippen molar-refractivity contribution in [2.24, 2.45) is 17.8 Å². The molecule has 17 aromatic rings. The summed E-state index contributed by atoms with van der Waals surface area (Å²) in [7, 11) is 1.64. The molecule has 0 N–H and O–H groups in total. The highest BCUT2D eigenvalue weighted by Crippen LogP contribution is 2.39. The third-order valence-electron chi connectivity index (χ3n) is 26.8. The van der Waals surface area contributed by atoms with Gasteiger partial charge in [-0.05, 0) is 154 Å². The largest absolute Gasteiger partial charge is 0.417 e. The number of ether oxygens (including phenoxy) is 1. The minimum Gasteiger partial charge on any atom is -0.383 e. The van der Waals surface area contributed by atoms with Crippen molar-refractivity contribution >= 4 is 181 Å². The fraction of sp³-hybridized carbons (Fsp3) is 0.352. The molecule has 38 heteroatoms. The summed E-state index contributed by atoms with van der Waals surface area (Å²) in [4.78, 5) is 139. The first-order valence-electron chi connectivity index (χ1n) is 49.0. The Kier molecular flexibility index (Phi) is 33.9. The zero-order valence-electron chi connectivity index (χ0n) is 81.0. The molecule has 146 heavy (non-hydrogen) atoms. The molecule has 762 valence electrons. The summed E-state index contributed by atoms with van der Waals surface area (Å²) in [6.45, 7) is 21.6. The SMILES string of the molecule is COCCn1sc2ccccc2c1=O.C[C@H](c1ccccc1)n1sc2ccccc2c1=O.Cc1ccc(Cn2sc3ccccc3c2=O)cc1.O=C(C1CC1)N1CCN(Cn2sc3c(C(F)(F)F)cccc3c2=O)CC1.O=C(C1CC1)N1CCN(Cn2sc3c(Cl)cccc3c2=O)CC1.O=C(C1CC1)N1CCN(Cn2sc3c(F)cccc3c2=O)CC1.O=c1c2ccccc2sn1CN1CCN(Cc2ccccc2)CC1. The lowest BCUT2D eigenvalue weighted by molar-refractivity contribution is -0.136. The molecule has 7 fully saturated rings. The Balaban J connectivity index is 0.000000113. The molecular formula is C108H112ClF4N15O11S7. The van der Waals surface area contributed by atoms with Gasteiger partial charge in [0.05, 0.1) is 134 Å². The number of piperazine rings is 4. The summed E-state index contributed by atoms with van der Waals surface area (Å²) in [5.41, 5.74) is 4.08. The van der Waals surface area contributed by atoms with Crippen LogP contribution in [0.3, 0.4) is 0 Å². The fourth-order valence-corrected chi connectivity index (χ4v) is 25.6. The van der Waals surface area contributed by atoms with Crippen LogP contribution in [0.4, 0.5) is 17.6 Å². The lowest BCUT2D eigenvalue weighted by Gasteiger charge is -2.34. The van der Waals surface area contributed by atoms with Crippen molar-refractivity contribution < 1.29 is 36.7 Å². The highest BCUT2D eigenvalue weighted by atomic mass is 35.5. The lowest BCUT2D eigenvalue weighted by Crippen LogP contribution is -2.49. The molecule has 3 amide bonds. The number of fused-ring (bicyclic) bond motifs is 7. The standard InChI is InChI=1S/C19H21N3OS.C17H18F3N3O2S.C16H18ClN3O2S.C16H18FN3O2S.2C15H13NOS.C10H11NO2S/c23-19-17-8-4-5-9-18(17)24-22(19)15-21-12-10-20(11-13-21)14-16-6-2-1-3-7-16;18-17(19,20)13-3-1-2-12-14(13)26-23(16(12)25)10-21-6-8-22(9-7-21)15(24)11-4-5-11;2*17-13-3-1-2-12-14(13)23-20(16(12)22)10-18-6-8-19(9-7-18)15(21)11-4-5-11;1-11(12-7-3-2-4-8-12)16-15(17)13-9-5-6-10-14(13)18-16;1-11-6-8-12(9-7-11)10-16-15(17)13-4-2-3-5-14(13)18-16;1-13-7-6-11-10(12)8-4-2-3-5-9(8)14-11/h1-9H,10-15H2;1-3,11H,4-10H2;2*1-3,11H,4-10H2;2-11H,1H3;2-9H,10H2,1H3;2-5H,6-7H2,1H3/t;;;;11-;;/m....1../s1. The second-order valence-corrected chi connectivity index (χ2v) is 45.0. The van der Waals surface area contributed by atoms with Crippen molar-refractivity contribution in [3.05, 3.63) is 348 Å². The van der Waals surface area contributed by atoms with Crippen LogP contribution in [0.25, 0.3) is 70.6 Å². The highest BCUT2D eigenvalue weighted by Gasteiger charge is 2.39. The molecule has 0 radical (unpaired) electrons. The average Bonchev–Trinajstić information content (AvgIpc) is 1.56. The minimum atomic E-state index is -4.48. The Bertz CT molecular complexity index is 7760. The first-order valence-corrected chi connectivity index (χ1v) is 54.8. The number of nitrogens with zero attached hydrogens (tertiary/aromatic N) is 15. The van der Waals surface area contributed by atoms with Gasteiger partial charge < -0.3 is 19.4 Å². The molecule has 10 aromatic carbocycles.